The molecule has 4 N–H and O–H groups in total. The Morgan fingerprint density at radius 2 is 2.17 bits per heavy atom. The molecule has 1 aliphatic heterocycles. The van der Waals surface area contributed by atoms with Gasteiger partial charge in [0.05, 0.1) is 0 Å². The third-order valence-corrected chi connectivity index (χ3v) is 3.67. The summed E-state index contributed by atoms with van der Waals surface area (Å²) in [6.07, 6.45) is 3.41. The molecule has 2 heterocycles. The first kappa shape index (κ1) is 12.8. The zero-order valence-electron chi connectivity index (χ0n) is 10.7. The largest absolute Gasteiger partial charge is 0.369 e. The lowest BCUT2D eigenvalue weighted by molar-refractivity contribution is -0.122. The van der Waals surface area contributed by atoms with E-state index in [1.807, 2.05) is 19.2 Å². The van der Waals surface area contributed by atoms with Crippen LogP contribution in [0.25, 0.3) is 0 Å². The first-order chi connectivity index (χ1) is 8.63. The van der Waals surface area contributed by atoms with Crippen molar-refractivity contribution in [3.63, 3.8) is 0 Å². The fourth-order valence-corrected chi connectivity index (χ4v) is 2.48. The number of nitrogens with two attached hydrogens (primary N) is 2. The number of hydrogen-bond donors (Lipinski definition) is 2. The number of hydrogen-bond acceptors (Lipinski definition) is 4. The van der Waals surface area contributed by atoms with Crippen LogP contribution < -0.4 is 16.4 Å². The Kier molecular flexibility index (Phi) is 3.81. The van der Waals surface area contributed by atoms with E-state index in [1.165, 1.54) is 5.56 Å². The molecule has 18 heavy (non-hydrogen) atoms. The molecule has 1 amide bonds. The average molecular weight is 248 g/mol. The van der Waals surface area contributed by atoms with E-state index in [0.717, 1.165) is 37.3 Å². The van der Waals surface area contributed by atoms with Gasteiger partial charge in [-0.3, -0.25) is 4.79 Å². The molecule has 5 heteroatoms. The van der Waals surface area contributed by atoms with Crippen LogP contribution in [0, 0.1) is 12.8 Å². The lowest BCUT2D eigenvalue weighted by Crippen LogP contribution is -2.39. The standard InChI is InChI=1S/C13H20N4O/c1-9-2-5-16-13(11(9)8-14)17-6-3-10(4-7-17)12(15)18/h2,5,10H,3-4,6-8,14H2,1H3,(H2,15,18). The Labute approximate surface area is 107 Å². The molecule has 98 valence electrons. The molecule has 0 radical (unpaired) electrons. The van der Waals surface area contributed by atoms with Gasteiger partial charge in [0.15, 0.2) is 0 Å². The fraction of sp³-hybridized carbons (Fsp3) is 0.538. The van der Waals surface area contributed by atoms with Crippen molar-refractivity contribution in [3.05, 3.63) is 23.4 Å². The van der Waals surface area contributed by atoms with Crippen molar-refractivity contribution in [2.24, 2.45) is 17.4 Å². The smallest absolute Gasteiger partial charge is 0.220 e. The summed E-state index contributed by atoms with van der Waals surface area (Å²) >= 11 is 0. The third kappa shape index (κ3) is 2.46. The Morgan fingerprint density at radius 1 is 1.50 bits per heavy atom. The van der Waals surface area contributed by atoms with Crippen LogP contribution in [0.3, 0.4) is 0 Å². The van der Waals surface area contributed by atoms with E-state index in [-0.39, 0.29) is 11.8 Å². The van der Waals surface area contributed by atoms with E-state index in [0.29, 0.717) is 6.54 Å². The highest BCUT2D eigenvalue weighted by atomic mass is 16.1. The van der Waals surface area contributed by atoms with Crippen LogP contribution in [-0.4, -0.2) is 24.0 Å². The van der Waals surface area contributed by atoms with Gasteiger partial charge < -0.3 is 16.4 Å². The normalized spacial score (nSPS) is 16.9. The summed E-state index contributed by atoms with van der Waals surface area (Å²) in [5, 5.41) is 0. The lowest BCUT2D eigenvalue weighted by Gasteiger charge is -2.32. The molecule has 1 saturated heterocycles. The Balaban J connectivity index is 2.14. The molecule has 5 nitrogen and oxygen atoms in total. The number of aryl methyl sites for hydroxylation is 1. The summed E-state index contributed by atoms with van der Waals surface area (Å²) in [5.74, 6) is 0.777. The highest BCUT2D eigenvalue weighted by molar-refractivity contribution is 5.77. The van der Waals surface area contributed by atoms with Crippen LogP contribution in [-0.2, 0) is 11.3 Å². The van der Waals surface area contributed by atoms with Crippen molar-refractivity contribution in [2.75, 3.05) is 18.0 Å². The molecule has 0 aliphatic carbocycles. The number of amides is 1. The molecule has 0 spiro atoms. The van der Waals surface area contributed by atoms with Crippen LogP contribution in [0.2, 0.25) is 0 Å². The monoisotopic (exact) mass is 248 g/mol. The second-order valence-electron chi connectivity index (χ2n) is 4.80. The number of piperidine rings is 1. The Bertz CT molecular complexity index is 439. The van der Waals surface area contributed by atoms with E-state index in [9.17, 15) is 4.79 Å². The Morgan fingerprint density at radius 3 is 2.72 bits per heavy atom. The quantitative estimate of drug-likeness (QED) is 0.818. The highest BCUT2D eigenvalue weighted by Gasteiger charge is 2.25. The molecule has 1 aromatic heterocycles. The molecular formula is C13H20N4O. The van der Waals surface area contributed by atoms with Crippen molar-refractivity contribution >= 4 is 11.7 Å². The zero-order chi connectivity index (χ0) is 13.1. The van der Waals surface area contributed by atoms with Gasteiger partial charge in [0.1, 0.15) is 5.82 Å². The summed E-state index contributed by atoms with van der Waals surface area (Å²) in [6.45, 7) is 4.17. The van der Waals surface area contributed by atoms with Crippen molar-refractivity contribution < 1.29 is 4.79 Å². The molecule has 1 aromatic rings. The summed E-state index contributed by atoms with van der Waals surface area (Å²) in [6, 6.07) is 1.97. The average Bonchev–Trinajstić information content (AvgIpc) is 2.38. The minimum atomic E-state index is -0.189. The van der Waals surface area contributed by atoms with Crippen molar-refractivity contribution in [1.29, 1.82) is 0 Å². The van der Waals surface area contributed by atoms with Gasteiger partial charge in [-0.2, -0.15) is 0 Å². The second-order valence-corrected chi connectivity index (χ2v) is 4.80. The third-order valence-electron chi connectivity index (χ3n) is 3.67. The summed E-state index contributed by atoms with van der Waals surface area (Å²) in [7, 11) is 0. The molecule has 2 rings (SSSR count). The number of carbonyl (C=O) groups excluding carboxylic acids is 1. The van der Waals surface area contributed by atoms with E-state index in [1.54, 1.807) is 0 Å². The maximum atomic E-state index is 11.1. The highest BCUT2D eigenvalue weighted by Crippen LogP contribution is 2.25. The van der Waals surface area contributed by atoms with Gasteiger partial charge in [0, 0.05) is 37.3 Å². The van der Waals surface area contributed by atoms with Gasteiger partial charge in [-0.05, 0) is 31.4 Å². The molecule has 0 saturated carbocycles. The van der Waals surface area contributed by atoms with Crippen LogP contribution in [0.1, 0.15) is 24.0 Å². The molecule has 1 fully saturated rings. The van der Waals surface area contributed by atoms with Crippen LogP contribution in [0.15, 0.2) is 12.3 Å². The van der Waals surface area contributed by atoms with Crippen molar-refractivity contribution in [3.8, 4) is 0 Å². The number of rotatable bonds is 3. The van der Waals surface area contributed by atoms with E-state index in [4.69, 9.17) is 11.5 Å². The van der Waals surface area contributed by atoms with Crippen molar-refractivity contribution in [2.45, 2.75) is 26.3 Å². The van der Waals surface area contributed by atoms with E-state index >= 15 is 0 Å². The molecule has 0 aromatic carbocycles. The van der Waals surface area contributed by atoms with Crippen LogP contribution in [0.4, 0.5) is 5.82 Å². The SMILES string of the molecule is Cc1ccnc(N2CCC(C(N)=O)CC2)c1CN. The zero-order valence-corrected chi connectivity index (χ0v) is 10.7. The van der Waals surface area contributed by atoms with Gasteiger partial charge >= 0.3 is 0 Å². The molecular weight excluding hydrogens is 228 g/mol. The predicted molar refractivity (Wildman–Crippen MR) is 71.0 cm³/mol. The Hall–Kier alpha value is -1.62. The van der Waals surface area contributed by atoms with Gasteiger partial charge in [-0.1, -0.05) is 0 Å². The molecule has 0 bridgehead atoms. The summed E-state index contributed by atoms with van der Waals surface area (Å²) < 4.78 is 0. The number of nitrogens with zero attached hydrogens (tertiary/aromatic N) is 2. The number of anilines is 1. The maximum Gasteiger partial charge on any atom is 0.220 e. The number of aromatic nitrogens is 1. The number of primary amides is 1. The number of carbonyl (C=O) groups is 1. The number of pyridine rings is 1. The summed E-state index contributed by atoms with van der Waals surface area (Å²) in [4.78, 5) is 17.8. The van der Waals surface area contributed by atoms with Crippen LogP contribution >= 0.6 is 0 Å². The maximum absolute atomic E-state index is 11.1. The fourth-order valence-electron chi connectivity index (χ4n) is 2.48. The first-order valence-electron chi connectivity index (χ1n) is 6.32. The minimum Gasteiger partial charge on any atom is -0.369 e. The van der Waals surface area contributed by atoms with Gasteiger partial charge in [0.25, 0.3) is 0 Å². The van der Waals surface area contributed by atoms with Crippen molar-refractivity contribution in [1.82, 2.24) is 4.98 Å². The van der Waals surface area contributed by atoms with Gasteiger partial charge in [-0.15, -0.1) is 0 Å². The topological polar surface area (TPSA) is 85.2 Å². The predicted octanol–water partition coefficient (Wildman–Crippen LogP) is 0.550. The lowest BCUT2D eigenvalue weighted by atomic mass is 9.96. The van der Waals surface area contributed by atoms with Crippen LogP contribution in [0.5, 0.6) is 0 Å². The van der Waals surface area contributed by atoms with E-state index < -0.39 is 0 Å². The molecule has 1 aliphatic rings. The van der Waals surface area contributed by atoms with Gasteiger partial charge in [0.2, 0.25) is 5.91 Å². The minimum absolute atomic E-state index is 0.00684. The second kappa shape index (κ2) is 5.35. The summed E-state index contributed by atoms with van der Waals surface area (Å²) in [5.41, 5.74) is 13.4. The van der Waals surface area contributed by atoms with E-state index in [2.05, 4.69) is 9.88 Å². The molecule has 0 unspecified atom stereocenters. The first-order valence-corrected chi connectivity index (χ1v) is 6.32. The molecule has 0 atom stereocenters. The van der Waals surface area contributed by atoms with Gasteiger partial charge in [-0.25, -0.2) is 4.98 Å².